The maximum atomic E-state index is 12.9. The second kappa shape index (κ2) is 4.82. The average Bonchev–Trinajstić information content (AvgIpc) is 2.26. The van der Waals surface area contributed by atoms with Crippen molar-refractivity contribution in [2.24, 2.45) is 0 Å². The highest BCUT2D eigenvalue weighted by Gasteiger charge is 2.26. The first kappa shape index (κ1) is 12.3. The fourth-order valence-corrected chi connectivity index (χ4v) is 1.15. The van der Waals surface area contributed by atoms with Crippen molar-refractivity contribution in [1.82, 2.24) is 4.98 Å². The molecule has 0 spiro atoms. The average molecular weight is 235 g/mol. The van der Waals surface area contributed by atoms with Crippen molar-refractivity contribution in [2.75, 3.05) is 14.2 Å². The molecule has 1 heterocycles. The summed E-state index contributed by atoms with van der Waals surface area (Å²) < 4.78 is 47.0. The first-order valence-electron chi connectivity index (χ1n) is 4.12. The lowest BCUT2D eigenvalue weighted by Gasteiger charge is -2.10. The topological polar surface area (TPSA) is 48.4 Å². The summed E-state index contributed by atoms with van der Waals surface area (Å²) in [7, 11) is 2.05. The molecule has 88 valence electrons. The molecule has 0 fully saturated rings. The van der Waals surface area contributed by atoms with Crippen LogP contribution in [0.15, 0.2) is 6.07 Å². The summed E-state index contributed by atoms with van der Waals surface area (Å²) in [5.74, 6) is -2.80. The van der Waals surface area contributed by atoms with Gasteiger partial charge in [0, 0.05) is 6.07 Å². The number of rotatable bonds is 3. The molecule has 7 heteroatoms. The SMILES string of the molecule is COC(=O)c1cc(F)nc(OC)c1C(F)F. The van der Waals surface area contributed by atoms with Gasteiger partial charge in [0.25, 0.3) is 6.43 Å². The van der Waals surface area contributed by atoms with E-state index in [1.165, 1.54) is 0 Å². The van der Waals surface area contributed by atoms with Crippen molar-refractivity contribution in [3.63, 3.8) is 0 Å². The predicted molar refractivity (Wildman–Crippen MR) is 47.0 cm³/mol. The van der Waals surface area contributed by atoms with Crippen LogP contribution in [-0.2, 0) is 4.74 Å². The molecule has 1 rings (SSSR count). The van der Waals surface area contributed by atoms with Crippen LogP contribution >= 0.6 is 0 Å². The maximum Gasteiger partial charge on any atom is 0.338 e. The van der Waals surface area contributed by atoms with Gasteiger partial charge in [0.15, 0.2) is 0 Å². The molecule has 0 unspecified atom stereocenters. The summed E-state index contributed by atoms with van der Waals surface area (Å²) in [6, 6.07) is 0.579. The quantitative estimate of drug-likeness (QED) is 0.593. The number of pyridine rings is 1. The van der Waals surface area contributed by atoms with Gasteiger partial charge in [-0.1, -0.05) is 0 Å². The Hall–Kier alpha value is -1.79. The molecule has 0 radical (unpaired) electrons. The van der Waals surface area contributed by atoms with E-state index in [0.29, 0.717) is 6.07 Å². The van der Waals surface area contributed by atoms with Gasteiger partial charge in [-0.2, -0.15) is 9.37 Å². The van der Waals surface area contributed by atoms with Crippen LogP contribution in [0, 0.1) is 5.95 Å². The first-order valence-corrected chi connectivity index (χ1v) is 4.12. The predicted octanol–water partition coefficient (Wildman–Crippen LogP) is 1.95. The lowest BCUT2D eigenvalue weighted by atomic mass is 10.1. The molecule has 4 nitrogen and oxygen atoms in total. The van der Waals surface area contributed by atoms with Crippen LogP contribution in [0.2, 0.25) is 0 Å². The minimum atomic E-state index is -3.02. The Morgan fingerprint density at radius 1 is 1.44 bits per heavy atom. The number of nitrogens with zero attached hydrogens (tertiary/aromatic N) is 1. The molecule has 0 aliphatic heterocycles. The highest BCUT2D eigenvalue weighted by molar-refractivity contribution is 5.91. The van der Waals surface area contributed by atoms with Crippen LogP contribution in [0.1, 0.15) is 22.3 Å². The van der Waals surface area contributed by atoms with E-state index in [-0.39, 0.29) is 0 Å². The minimum Gasteiger partial charge on any atom is -0.481 e. The number of carbonyl (C=O) groups is 1. The van der Waals surface area contributed by atoms with E-state index >= 15 is 0 Å². The molecule has 16 heavy (non-hydrogen) atoms. The smallest absolute Gasteiger partial charge is 0.338 e. The van der Waals surface area contributed by atoms with E-state index in [1.807, 2.05) is 0 Å². The van der Waals surface area contributed by atoms with E-state index in [4.69, 9.17) is 0 Å². The molecule has 1 aromatic heterocycles. The zero-order valence-corrected chi connectivity index (χ0v) is 8.46. The highest BCUT2D eigenvalue weighted by Crippen LogP contribution is 2.31. The third kappa shape index (κ3) is 2.23. The molecule has 0 bridgehead atoms. The van der Waals surface area contributed by atoms with Crippen LogP contribution in [0.25, 0.3) is 0 Å². The fourth-order valence-electron chi connectivity index (χ4n) is 1.15. The van der Waals surface area contributed by atoms with Crippen molar-refractivity contribution in [1.29, 1.82) is 0 Å². The summed E-state index contributed by atoms with van der Waals surface area (Å²) in [5, 5.41) is 0. The second-order valence-electron chi connectivity index (χ2n) is 2.71. The van der Waals surface area contributed by atoms with Crippen molar-refractivity contribution < 1.29 is 27.4 Å². The van der Waals surface area contributed by atoms with Crippen LogP contribution in [0.3, 0.4) is 0 Å². The van der Waals surface area contributed by atoms with Gasteiger partial charge in [-0.05, 0) is 0 Å². The number of alkyl halides is 2. The van der Waals surface area contributed by atoms with Gasteiger partial charge in [-0.25, -0.2) is 13.6 Å². The van der Waals surface area contributed by atoms with Crippen molar-refractivity contribution in [3.8, 4) is 5.88 Å². The Bertz CT molecular complexity index is 409. The van der Waals surface area contributed by atoms with E-state index in [1.54, 1.807) is 0 Å². The minimum absolute atomic E-state index is 0.579. The van der Waals surface area contributed by atoms with Crippen LogP contribution in [-0.4, -0.2) is 25.2 Å². The second-order valence-corrected chi connectivity index (χ2v) is 2.71. The monoisotopic (exact) mass is 235 g/mol. The van der Waals surface area contributed by atoms with E-state index in [9.17, 15) is 18.0 Å². The number of halogens is 3. The van der Waals surface area contributed by atoms with Gasteiger partial charge in [-0.15, -0.1) is 0 Å². The maximum absolute atomic E-state index is 12.9. The zero-order valence-electron chi connectivity index (χ0n) is 8.46. The summed E-state index contributed by atoms with van der Waals surface area (Å²) in [5.41, 5.74) is -1.38. The highest BCUT2D eigenvalue weighted by atomic mass is 19.3. The number of aromatic nitrogens is 1. The van der Waals surface area contributed by atoms with Gasteiger partial charge < -0.3 is 9.47 Å². The van der Waals surface area contributed by atoms with Gasteiger partial charge in [-0.3, -0.25) is 0 Å². The van der Waals surface area contributed by atoms with E-state index in [0.717, 1.165) is 14.2 Å². The molecule has 0 aromatic carbocycles. The van der Waals surface area contributed by atoms with Gasteiger partial charge in [0.05, 0.1) is 25.3 Å². The van der Waals surface area contributed by atoms with E-state index < -0.39 is 35.3 Å². The molecular formula is C9H8F3NO3. The molecular weight excluding hydrogens is 227 g/mol. The molecule has 1 aromatic rings. The van der Waals surface area contributed by atoms with Crippen LogP contribution < -0.4 is 4.74 Å². The number of hydrogen-bond acceptors (Lipinski definition) is 4. The number of ether oxygens (including phenoxy) is 2. The number of hydrogen-bond donors (Lipinski definition) is 0. The summed E-state index contributed by atoms with van der Waals surface area (Å²) in [6.45, 7) is 0. The third-order valence-electron chi connectivity index (χ3n) is 1.81. The van der Waals surface area contributed by atoms with Gasteiger partial charge >= 0.3 is 5.97 Å². The summed E-state index contributed by atoms with van der Waals surface area (Å²) in [4.78, 5) is 14.3. The Morgan fingerprint density at radius 3 is 2.50 bits per heavy atom. The summed E-state index contributed by atoms with van der Waals surface area (Å²) >= 11 is 0. The Morgan fingerprint density at radius 2 is 2.06 bits per heavy atom. The molecule has 0 amide bonds. The molecule has 0 aliphatic carbocycles. The Balaban J connectivity index is 3.44. The van der Waals surface area contributed by atoms with Crippen LogP contribution in [0.5, 0.6) is 5.88 Å². The lowest BCUT2D eigenvalue weighted by Crippen LogP contribution is -2.10. The molecule has 0 atom stereocenters. The summed E-state index contributed by atoms with van der Waals surface area (Å²) in [6.07, 6.45) is -3.02. The number of esters is 1. The fraction of sp³-hybridized carbons (Fsp3) is 0.333. The number of methoxy groups -OCH3 is 2. The first-order chi connectivity index (χ1) is 7.51. The van der Waals surface area contributed by atoms with E-state index in [2.05, 4.69) is 14.5 Å². The molecule has 0 saturated carbocycles. The molecule has 0 aliphatic rings. The van der Waals surface area contributed by atoms with Crippen molar-refractivity contribution in [3.05, 3.63) is 23.1 Å². The Kier molecular flexibility index (Phi) is 3.70. The van der Waals surface area contributed by atoms with Crippen molar-refractivity contribution >= 4 is 5.97 Å². The zero-order chi connectivity index (χ0) is 12.3. The number of carbonyl (C=O) groups excluding carboxylic acids is 1. The lowest BCUT2D eigenvalue weighted by molar-refractivity contribution is 0.0586. The van der Waals surface area contributed by atoms with Gasteiger partial charge in [0.2, 0.25) is 11.8 Å². The van der Waals surface area contributed by atoms with Crippen molar-refractivity contribution in [2.45, 2.75) is 6.43 Å². The largest absolute Gasteiger partial charge is 0.481 e. The van der Waals surface area contributed by atoms with Gasteiger partial charge in [0.1, 0.15) is 0 Å². The third-order valence-corrected chi connectivity index (χ3v) is 1.81. The standard InChI is InChI=1S/C9H8F3NO3/c1-15-8-6(7(11)12)4(9(14)16-2)3-5(10)13-8/h3,7H,1-2H3. The van der Waals surface area contributed by atoms with Crippen LogP contribution in [0.4, 0.5) is 13.2 Å². The molecule has 0 N–H and O–H groups in total. The molecule has 0 saturated heterocycles. The Labute approximate surface area is 89.0 Å². The normalized spacial score (nSPS) is 10.4.